The molecule has 0 aromatic rings. The van der Waals surface area contributed by atoms with Crippen molar-refractivity contribution in [2.45, 2.75) is 26.3 Å². The number of hydrogen-bond donors (Lipinski definition) is 1. The second kappa shape index (κ2) is 8.91. The van der Waals surface area contributed by atoms with E-state index in [0.717, 1.165) is 25.1 Å². The standard InChI is InChI=1S/C11H19NO4/c1-4-7-12-9(2)8-16-11(14)6-5-10(13)15-3/h5-6,9,12H,4,7-8H2,1-3H3. The molecule has 0 saturated carbocycles. The molecule has 0 spiro atoms. The second-order valence-electron chi connectivity index (χ2n) is 3.34. The quantitative estimate of drug-likeness (QED) is 0.513. The van der Waals surface area contributed by atoms with E-state index in [-0.39, 0.29) is 12.6 Å². The van der Waals surface area contributed by atoms with Crippen LogP contribution in [0.1, 0.15) is 20.3 Å². The second-order valence-corrected chi connectivity index (χ2v) is 3.34. The summed E-state index contributed by atoms with van der Waals surface area (Å²) in [6, 6.07) is 0.107. The van der Waals surface area contributed by atoms with E-state index in [0.29, 0.717) is 0 Å². The number of carbonyl (C=O) groups excluding carboxylic acids is 2. The molecule has 1 atom stereocenters. The molecule has 1 N–H and O–H groups in total. The third kappa shape index (κ3) is 7.99. The summed E-state index contributed by atoms with van der Waals surface area (Å²) in [4.78, 5) is 21.8. The van der Waals surface area contributed by atoms with Gasteiger partial charge in [0.2, 0.25) is 0 Å². The first-order valence-electron chi connectivity index (χ1n) is 5.26. The average molecular weight is 229 g/mol. The van der Waals surface area contributed by atoms with Crippen LogP contribution < -0.4 is 5.32 Å². The van der Waals surface area contributed by atoms with E-state index < -0.39 is 11.9 Å². The fourth-order valence-corrected chi connectivity index (χ4v) is 0.909. The van der Waals surface area contributed by atoms with Crippen molar-refractivity contribution in [2.75, 3.05) is 20.3 Å². The Labute approximate surface area is 95.8 Å². The Bertz CT molecular complexity index is 250. The van der Waals surface area contributed by atoms with Crippen molar-refractivity contribution in [3.05, 3.63) is 12.2 Å². The highest BCUT2D eigenvalue weighted by atomic mass is 16.5. The molecule has 0 radical (unpaired) electrons. The number of ether oxygens (including phenoxy) is 2. The summed E-state index contributed by atoms with van der Waals surface area (Å²) in [5, 5.41) is 3.17. The van der Waals surface area contributed by atoms with Crippen LogP contribution in [0.15, 0.2) is 12.2 Å². The highest BCUT2D eigenvalue weighted by molar-refractivity contribution is 5.91. The van der Waals surface area contributed by atoms with E-state index in [4.69, 9.17) is 4.74 Å². The molecule has 5 heteroatoms. The van der Waals surface area contributed by atoms with Gasteiger partial charge < -0.3 is 14.8 Å². The molecule has 92 valence electrons. The number of hydrogen-bond acceptors (Lipinski definition) is 5. The minimum atomic E-state index is -0.575. The SMILES string of the molecule is CCCNC(C)COC(=O)C=CC(=O)OC. The van der Waals surface area contributed by atoms with E-state index in [1.54, 1.807) is 0 Å². The van der Waals surface area contributed by atoms with E-state index in [1.807, 2.05) is 6.92 Å². The first kappa shape index (κ1) is 14.6. The fourth-order valence-electron chi connectivity index (χ4n) is 0.909. The Hall–Kier alpha value is -1.36. The van der Waals surface area contributed by atoms with Gasteiger partial charge in [-0.1, -0.05) is 6.92 Å². The maximum atomic E-state index is 11.1. The monoisotopic (exact) mass is 229 g/mol. The molecule has 0 aliphatic rings. The first-order chi connectivity index (χ1) is 7.60. The summed E-state index contributed by atoms with van der Waals surface area (Å²) >= 11 is 0. The van der Waals surface area contributed by atoms with Crippen molar-refractivity contribution in [1.82, 2.24) is 5.32 Å². The lowest BCUT2D eigenvalue weighted by Crippen LogP contribution is -2.31. The lowest BCUT2D eigenvalue weighted by atomic mass is 10.3. The predicted molar refractivity (Wildman–Crippen MR) is 59.9 cm³/mol. The normalized spacial score (nSPS) is 12.4. The van der Waals surface area contributed by atoms with Crippen LogP contribution in [0.25, 0.3) is 0 Å². The van der Waals surface area contributed by atoms with Gasteiger partial charge in [0.1, 0.15) is 6.61 Å². The van der Waals surface area contributed by atoms with Crippen LogP contribution in [-0.4, -0.2) is 38.2 Å². The molecule has 0 aliphatic carbocycles. The van der Waals surface area contributed by atoms with Gasteiger partial charge in [-0.2, -0.15) is 0 Å². The molecule has 0 rings (SSSR count). The summed E-state index contributed by atoms with van der Waals surface area (Å²) < 4.78 is 9.23. The summed E-state index contributed by atoms with van der Waals surface area (Å²) in [7, 11) is 1.24. The van der Waals surface area contributed by atoms with Crippen molar-refractivity contribution in [1.29, 1.82) is 0 Å². The van der Waals surface area contributed by atoms with Crippen molar-refractivity contribution >= 4 is 11.9 Å². The topological polar surface area (TPSA) is 64.6 Å². The smallest absolute Gasteiger partial charge is 0.331 e. The number of carbonyl (C=O) groups is 2. The Balaban J connectivity index is 3.72. The van der Waals surface area contributed by atoms with Gasteiger partial charge in [0.05, 0.1) is 7.11 Å². The van der Waals surface area contributed by atoms with E-state index in [2.05, 4.69) is 17.0 Å². The third-order valence-corrected chi connectivity index (χ3v) is 1.78. The summed E-state index contributed by atoms with van der Waals surface area (Å²) in [6.07, 6.45) is 3.12. The molecular weight excluding hydrogens is 210 g/mol. The van der Waals surface area contributed by atoms with Gasteiger partial charge in [-0.3, -0.25) is 0 Å². The van der Waals surface area contributed by atoms with Crippen LogP contribution in [0.4, 0.5) is 0 Å². The van der Waals surface area contributed by atoms with Crippen LogP contribution in [-0.2, 0) is 19.1 Å². The van der Waals surface area contributed by atoms with E-state index >= 15 is 0 Å². The zero-order valence-electron chi connectivity index (χ0n) is 9.99. The highest BCUT2D eigenvalue weighted by Gasteiger charge is 2.04. The Morgan fingerprint density at radius 1 is 1.31 bits per heavy atom. The zero-order chi connectivity index (χ0) is 12.4. The third-order valence-electron chi connectivity index (χ3n) is 1.78. The number of nitrogens with one attached hydrogen (secondary N) is 1. The number of rotatable bonds is 7. The minimum absolute atomic E-state index is 0.107. The highest BCUT2D eigenvalue weighted by Crippen LogP contribution is 1.89. The Morgan fingerprint density at radius 2 is 1.94 bits per heavy atom. The molecule has 0 fully saturated rings. The van der Waals surface area contributed by atoms with Crippen molar-refractivity contribution in [3.8, 4) is 0 Å². The van der Waals surface area contributed by atoms with Crippen molar-refractivity contribution in [3.63, 3.8) is 0 Å². The molecule has 0 aromatic heterocycles. The van der Waals surface area contributed by atoms with Crippen molar-refractivity contribution in [2.24, 2.45) is 0 Å². The van der Waals surface area contributed by atoms with Crippen LogP contribution in [0.2, 0.25) is 0 Å². The molecule has 0 bridgehead atoms. The van der Waals surface area contributed by atoms with Gasteiger partial charge in [-0.25, -0.2) is 9.59 Å². The number of esters is 2. The average Bonchev–Trinajstić information content (AvgIpc) is 2.30. The van der Waals surface area contributed by atoms with Gasteiger partial charge in [-0.15, -0.1) is 0 Å². The van der Waals surface area contributed by atoms with Gasteiger partial charge in [0.25, 0.3) is 0 Å². The largest absolute Gasteiger partial charge is 0.466 e. The lowest BCUT2D eigenvalue weighted by molar-refractivity contribution is -0.139. The van der Waals surface area contributed by atoms with Gasteiger partial charge in [0.15, 0.2) is 0 Å². The molecule has 0 aromatic carbocycles. The number of methoxy groups -OCH3 is 1. The molecule has 5 nitrogen and oxygen atoms in total. The van der Waals surface area contributed by atoms with Crippen LogP contribution in [0, 0.1) is 0 Å². The predicted octanol–water partition coefficient (Wildman–Crippen LogP) is 0.647. The molecule has 0 saturated heterocycles. The van der Waals surface area contributed by atoms with Gasteiger partial charge >= 0.3 is 11.9 Å². The fraction of sp³-hybridized carbons (Fsp3) is 0.636. The van der Waals surface area contributed by atoms with Crippen LogP contribution in [0.3, 0.4) is 0 Å². The molecule has 0 amide bonds. The van der Waals surface area contributed by atoms with Gasteiger partial charge in [-0.05, 0) is 19.9 Å². The van der Waals surface area contributed by atoms with E-state index in [9.17, 15) is 9.59 Å². The van der Waals surface area contributed by atoms with Gasteiger partial charge in [0, 0.05) is 18.2 Å². The van der Waals surface area contributed by atoms with E-state index in [1.165, 1.54) is 7.11 Å². The molecule has 0 heterocycles. The maximum Gasteiger partial charge on any atom is 0.331 e. The van der Waals surface area contributed by atoms with Crippen LogP contribution in [0.5, 0.6) is 0 Å². The van der Waals surface area contributed by atoms with Crippen molar-refractivity contribution < 1.29 is 19.1 Å². The molecule has 0 aliphatic heterocycles. The summed E-state index contributed by atoms with van der Waals surface area (Å²) in [5.41, 5.74) is 0. The van der Waals surface area contributed by atoms with Crippen LogP contribution >= 0.6 is 0 Å². The Morgan fingerprint density at radius 3 is 2.50 bits per heavy atom. The molecule has 16 heavy (non-hydrogen) atoms. The summed E-state index contributed by atoms with van der Waals surface area (Å²) in [6.45, 7) is 5.15. The summed E-state index contributed by atoms with van der Waals surface area (Å²) in [5.74, 6) is -1.12. The Kier molecular flexibility index (Phi) is 8.15. The maximum absolute atomic E-state index is 11.1. The zero-order valence-corrected chi connectivity index (χ0v) is 9.99. The molecule has 1 unspecified atom stereocenters. The lowest BCUT2D eigenvalue weighted by Gasteiger charge is -2.12. The molecular formula is C11H19NO4. The minimum Gasteiger partial charge on any atom is -0.466 e. The first-order valence-corrected chi connectivity index (χ1v) is 5.26.